The summed E-state index contributed by atoms with van der Waals surface area (Å²) in [6, 6.07) is 0.625. The lowest BCUT2D eigenvalue weighted by Crippen LogP contribution is -2.34. The molecule has 2 nitrogen and oxygen atoms in total. The molecule has 0 radical (unpaired) electrons. The molecule has 0 aliphatic carbocycles. The first-order valence-corrected chi connectivity index (χ1v) is 6.07. The highest BCUT2D eigenvalue weighted by Crippen LogP contribution is 2.13. The minimum atomic E-state index is 0.625. The molecule has 0 heterocycles. The van der Waals surface area contributed by atoms with Crippen LogP contribution in [0.5, 0.6) is 0 Å². The van der Waals surface area contributed by atoms with E-state index in [1.807, 2.05) is 0 Å². The number of rotatable bonds is 9. The third-order valence-electron chi connectivity index (χ3n) is 2.78. The monoisotopic (exact) mass is 201 g/mol. The molecule has 0 aromatic carbocycles. The number of nitrogens with one attached hydrogen (secondary N) is 1. The fourth-order valence-electron chi connectivity index (χ4n) is 1.73. The van der Waals surface area contributed by atoms with Gasteiger partial charge in [0, 0.05) is 19.3 Å². The van der Waals surface area contributed by atoms with Crippen molar-refractivity contribution in [2.75, 3.05) is 19.8 Å². The van der Waals surface area contributed by atoms with Crippen LogP contribution in [0.2, 0.25) is 0 Å². The highest BCUT2D eigenvalue weighted by atomic mass is 16.5. The third-order valence-corrected chi connectivity index (χ3v) is 2.78. The van der Waals surface area contributed by atoms with E-state index in [9.17, 15) is 0 Å². The zero-order valence-electron chi connectivity index (χ0n) is 10.3. The Bertz CT molecular complexity index is 117. The van der Waals surface area contributed by atoms with Crippen molar-refractivity contribution in [2.24, 2.45) is 5.92 Å². The van der Waals surface area contributed by atoms with Gasteiger partial charge in [-0.15, -0.1) is 0 Å². The number of hydrogen-bond acceptors (Lipinski definition) is 2. The summed E-state index contributed by atoms with van der Waals surface area (Å²) in [5.74, 6) is 0.757. The van der Waals surface area contributed by atoms with Crippen LogP contribution in [0.25, 0.3) is 0 Å². The van der Waals surface area contributed by atoms with E-state index < -0.39 is 0 Å². The van der Waals surface area contributed by atoms with Crippen molar-refractivity contribution in [3.8, 4) is 0 Å². The van der Waals surface area contributed by atoms with Gasteiger partial charge in [-0.25, -0.2) is 0 Å². The van der Waals surface area contributed by atoms with E-state index in [0.717, 1.165) is 25.7 Å². The van der Waals surface area contributed by atoms with Crippen molar-refractivity contribution >= 4 is 0 Å². The van der Waals surface area contributed by atoms with Crippen LogP contribution in [0.1, 0.15) is 47.0 Å². The fourth-order valence-corrected chi connectivity index (χ4v) is 1.73. The Labute approximate surface area is 89.4 Å². The highest BCUT2D eigenvalue weighted by Gasteiger charge is 2.13. The second-order valence-electron chi connectivity index (χ2n) is 3.90. The maximum absolute atomic E-state index is 5.39. The second kappa shape index (κ2) is 9.47. The van der Waals surface area contributed by atoms with Crippen LogP contribution in [0.15, 0.2) is 0 Å². The molecule has 0 aliphatic heterocycles. The van der Waals surface area contributed by atoms with Gasteiger partial charge in [0.1, 0.15) is 0 Å². The van der Waals surface area contributed by atoms with Crippen LogP contribution >= 0.6 is 0 Å². The van der Waals surface area contributed by atoms with E-state index in [4.69, 9.17) is 4.74 Å². The van der Waals surface area contributed by atoms with Crippen molar-refractivity contribution < 1.29 is 4.74 Å². The SMILES string of the molecule is CCCNC(C)C(CC)CCOCC. The molecule has 0 aromatic rings. The summed E-state index contributed by atoms with van der Waals surface area (Å²) < 4.78 is 5.39. The molecule has 0 aliphatic rings. The molecule has 0 saturated heterocycles. The Morgan fingerprint density at radius 2 is 1.93 bits per heavy atom. The zero-order valence-corrected chi connectivity index (χ0v) is 10.3. The Hall–Kier alpha value is -0.0800. The van der Waals surface area contributed by atoms with Crippen LogP contribution < -0.4 is 5.32 Å². The van der Waals surface area contributed by atoms with Crippen molar-refractivity contribution in [1.29, 1.82) is 0 Å². The second-order valence-corrected chi connectivity index (χ2v) is 3.90. The predicted molar refractivity (Wildman–Crippen MR) is 62.6 cm³/mol. The van der Waals surface area contributed by atoms with E-state index in [0.29, 0.717) is 6.04 Å². The first kappa shape index (κ1) is 13.9. The molecule has 0 spiro atoms. The molecule has 2 heteroatoms. The molecule has 2 unspecified atom stereocenters. The fraction of sp³-hybridized carbons (Fsp3) is 1.00. The largest absolute Gasteiger partial charge is 0.382 e. The Morgan fingerprint density at radius 1 is 1.21 bits per heavy atom. The summed E-state index contributed by atoms with van der Waals surface area (Å²) in [4.78, 5) is 0. The van der Waals surface area contributed by atoms with Crippen molar-refractivity contribution in [3.63, 3.8) is 0 Å². The molecule has 0 bridgehead atoms. The van der Waals surface area contributed by atoms with Crippen LogP contribution in [0, 0.1) is 5.92 Å². The number of ether oxygens (including phenoxy) is 1. The molecule has 0 fully saturated rings. The van der Waals surface area contributed by atoms with Gasteiger partial charge in [0.2, 0.25) is 0 Å². The third kappa shape index (κ3) is 6.39. The average molecular weight is 201 g/mol. The molecule has 2 atom stereocenters. The quantitative estimate of drug-likeness (QED) is 0.579. The van der Waals surface area contributed by atoms with Gasteiger partial charge in [0.05, 0.1) is 0 Å². The molecule has 0 amide bonds. The van der Waals surface area contributed by atoms with Gasteiger partial charge in [-0.3, -0.25) is 0 Å². The average Bonchev–Trinajstić information content (AvgIpc) is 2.21. The van der Waals surface area contributed by atoms with Gasteiger partial charge in [-0.1, -0.05) is 20.3 Å². The molecule has 0 aromatic heterocycles. The number of hydrogen-bond donors (Lipinski definition) is 1. The molecule has 0 rings (SSSR count). The first-order chi connectivity index (χ1) is 6.76. The Kier molecular flexibility index (Phi) is 9.42. The minimum Gasteiger partial charge on any atom is -0.382 e. The van der Waals surface area contributed by atoms with Crippen LogP contribution in [0.3, 0.4) is 0 Å². The maximum atomic E-state index is 5.39. The summed E-state index contributed by atoms with van der Waals surface area (Å²) in [5.41, 5.74) is 0. The van der Waals surface area contributed by atoms with Crippen molar-refractivity contribution in [3.05, 3.63) is 0 Å². The van der Waals surface area contributed by atoms with Crippen molar-refractivity contribution in [2.45, 2.75) is 53.0 Å². The molecule has 1 N–H and O–H groups in total. The Balaban J connectivity index is 3.62. The van der Waals surface area contributed by atoms with Gasteiger partial charge in [0.25, 0.3) is 0 Å². The van der Waals surface area contributed by atoms with Crippen LogP contribution in [0.4, 0.5) is 0 Å². The van der Waals surface area contributed by atoms with Gasteiger partial charge < -0.3 is 10.1 Å². The normalized spacial score (nSPS) is 15.4. The van der Waals surface area contributed by atoms with Gasteiger partial charge in [-0.05, 0) is 39.2 Å². The van der Waals surface area contributed by atoms with E-state index >= 15 is 0 Å². The van der Waals surface area contributed by atoms with Gasteiger partial charge in [-0.2, -0.15) is 0 Å². The van der Waals surface area contributed by atoms with E-state index in [1.54, 1.807) is 0 Å². The topological polar surface area (TPSA) is 21.3 Å². The lowest BCUT2D eigenvalue weighted by Gasteiger charge is -2.23. The molecule has 14 heavy (non-hydrogen) atoms. The van der Waals surface area contributed by atoms with E-state index in [1.165, 1.54) is 19.3 Å². The summed E-state index contributed by atoms with van der Waals surface area (Å²) >= 11 is 0. The summed E-state index contributed by atoms with van der Waals surface area (Å²) in [5, 5.41) is 3.55. The van der Waals surface area contributed by atoms with Crippen molar-refractivity contribution in [1.82, 2.24) is 5.32 Å². The van der Waals surface area contributed by atoms with Crippen LogP contribution in [-0.2, 0) is 4.74 Å². The standard InChI is InChI=1S/C12H27NO/c1-5-9-13-11(4)12(6-2)8-10-14-7-3/h11-13H,5-10H2,1-4H3. The van der Waals surface area contributed by atoms with E-state index in [2.05, 4.69) is 33.0 Å². The lowest BCUT2D eigenvalue weighted by molar-refractivity contribution is 0.125. The lowest BCUT2D eigenvalue weighted by atomic mass is 9.95. The zero-order chi connectivity index (χ0) is 10.8. The molecule has 0 saturated carbocycles. The molecular weight excluding hydrogens is 174 g/mol. The van der Waals surface area contributed by atoms with E-state index in [-0.39, 0.29) is 0 Å². The van der Waals surface area contributed by atoms with Crippen LogP contribution in [-0.4, -0.2) is 25.8 Å². The minimum absolute atomic E-state index is 0.625. The molecule has 86 valence electrons. The summed E-state index contributed by atoms with van der Waals surface area (Å²) in [6.07, 6.45) is 3.64. The maximum Gasteiger partial charge on any atom is 0.0469 e. The summed E-state index contributed by atoms with van der Waals surface area (Å²) in [7, 11) is 0. The molecular formula is C12H27NO. The highest BCUT2D eigenvalue weighted by molar-refractivity contribution is 4.70. The predicted octanol–water partition coefficient (Wildman–Crippen LogP) is 2.83. The summed E-state index contributed by atoms with van der Waals surface area (Å²) in [6.45, 7) is 11.7. The van der Waals surface area contributed by atoms with Gasteiger partial charge in [0.15, 0.2) is 0 Å². The van der Waals surface area contributed by atoms with Gasteiger partial charge >= 0.3 is 0 Å². The smallest absolute Gasteiger partial charge is 0.0469 e. The Morgan fingerprint density at radius 3 is 2.43 bits per heavy atom. The first-order valence-electron chi connectivity index (χ1n) is 6.07.